The van der Waals surface area contributed by atoms with E-state index in [-0.39, 0.29) is 42.2 Å². The van der Waals surface area contributed by atoms with Gasteiger partial charge >= 0.3 is 12.0 Å². The van der Waals surface area contributed by atoms with Gasteiger partial charge in [-0.25, -0.2) is 9.59 Å². The molecule has 0 radical (unpaired) electrons. The Morgan fingerprint density at radius 2 is 1.74 bits per heavy atom. The number of likely N-dealkylation sites (tertiary alicyclic amines) is 2. The second-order valence-electron chi connectivity index (χ2n) is 9.16. The summed E-state index contributed by atoms with van der Waals surface area (Å²) in [4.78, 5) is 52.7. The summed E-state index contributed by atoms with van der Waals surface area (Å²) >= 11 is 0. The van der Waals surface area contributed by atoms with E-state index in [0.29, 0.717) is 56.7 Å². The van der Waals surface area contributed by atoms with Crippen molar-refractivity contribution in [1.29, 1.82) is 0 Å². The van der Waals surface area contributed by atoms with Crippen molar-refractivity contribution < 1.29 is 23.9 Å². The average Bonchev–Trinajstić information content (AvgIpc) is 2.84. The molecule has 9 heteroatoms. The number of benzene rings is 1. The van der Waals surface area contributed by atoms with Crippen LogP contribution >= 0.6 is 0 Å². The van der Waals surface area contributed by atoms with E-state index in [1.54, 1.807) is 36.1 Å². The zero-order valence-electron chi connectivity index (χ0n) is 20.1. The Bertz CT molecular complexity index is 897. The lowest BCUT2D eigenvalue weighted by atomic mass is 9.81. The predicted octanol–water partition coefficient (Wildman–Crippen LogP) is 2.86. The molecule has 2 heterocycles. The van der Waals surface area contributed by atoms with Crippen LogP contribution in [0.1, 0.15) is 56.3 Å². The number of esters is 1. The van der Waals surface area contributed by atoms with Gasteiger partial charge in [0.2, 0.25) is 11.8 Å². The normalized spacial score (nSPS) is 21.1. The van der Waals surface area contributed by atoms with Crippen molar-refractivity contribution in [2.45, 2.75) is 46.0 Å². The number of carbonyl (C=O) groups is 4. The molecular formula is C25H36N4O5. The highest BCUT2D eigenvalue weighted by Crippen LogP contribution is 2.31. The summed E-state index contributed by atoms with van der Waals surface area (Å²) in [5.74, 6) is -0.252. The van der Waals surface area contributed by atoms with Gasteiger partial charge < -0.3 is 25.6 Å². The highest BCUT2D eigenvalue weighted by Gasteiger charge is 2.34. The minimum absolute atomic E-state index is 0.125. The number of urea groups is 1. The molecule has 4 amide bonds. The fraction of sp³-hybridized carbons (Fsp3) is 0.600. The zero-order chi connectivity index (χ0) is 24.7. The molecular weight excluding hydrogens is 436 g/mol. The van der Waals surface area contributed by atoms with Crippen LogP contribution in [-0.2, 0) is 14.3 Å². The number of nitrogens with zero attached hydrogens (tertiary/aromatic N) is 2. The second-order valence-corrected chi connectivity index (χ2v) is 9.16. The maximum Gasteiger partial charge on any atom is 0.338 e. The SMILES string of the molecule is CCOC(=O)c1cccc(NC(=O)N2CCC(CC(=O)N3CCC(C(N)=O)CC3)C(CC)C2)c1. The third-order valence-corrected chi connectivity index (χ3v) is 7.01. The Kier molecular flexibility index (Phi) is 8.90. The molecule has 186 valence electrons. The van der Waals surface area contributed by atoms with Crippen molar-refractivity contribution in [3.63, 3.8) is 0 Å². The molecule has 2 aliphatic rings. The third kappa shape index (κ3) is 6.48. The van der Waals surface area contributed by atoms with E-state index in [1.807, 2.05) is 4.90 Å². The van der Waals surface area contributed by atoms with E-state index >= 15 is 0 Å². The number of nitrogens with one attached hydrogen (secondary N) is 1. The lowest BCUT2D eigenvalue weighted by Gasteiger charge is -2.39. The van der Waals surface area contributed by atoms with Gasteiger partial charge in [0.05, 0.1) is 12.2 Å². The van der Waals surface area contributed by atoms with Crippen molar-refractivity contribution in [1.82, 2.24) is 9.80 Å². The van der Waals surface area contributed by atoms with Gasteiger partial charge in [0.1, 0.15) is 0 Å². The van der Waals surface area contributed by atoms with Gasteiger partial charge in [-0.2, -0.15) is 0 Å². The molecule has 2 saturated heterocycles. The number of anilines is 1. The van der Waals surface area contributed by atoms with E-state index in [0.717, 1.165) is 12.8 Å². The van der Waals surface area contributed by atoms with E-state index in [9.17, 15) is 19.2 Å². The standard InChI is InChI=1S/C25H36N4O5/c1-3-17-16-29(25(33)27-21-7-5-6-20(14-21)24(32)34-4-2)13-10-19(17)15-22(30)28-11-8-18(9-12-28)23(26)31/h5-7,14,17-19H,3-4,8-13,15-16H2,1-2H3,(H2,26,31)(H,27,33). The molecule has 1 aromatic carbocycles. The summed E-state index contributed by atoms with van der Waals surface area (Å²) in [6.07, 6.45) is 3.38. The van der Waals surface area contributed by atoms with Gasteiger partial charge in [0, 0.05) is 44.2 Å². The maximum absolute atomic E-state index is 12.9. The number of nitrogens with two attached hydrogens (primary N) is 1. The largest absolute Gasteiger partial charge is 0.462 e. The molecule has 2 unspecified atom stereocenters. The fourth-order valence-electron chi connectivity index (χ4n) is 4.90. The van der Waals surface area contributed by atoms with Crippen LogP contribution in [0.15, 0.2) is 24.3 Å². The quantitative estimate of drug-likeness (QED) is 0.591. The van der Waals surface area contributed by atoms with Gasteiger partial charge in [0.25, 0.3) is 0 Å². The number of rotatable bonds is 7. The van der Waals surface area contributed by atoms with Crippen LogP contribution in [0.2, 0.25) is 0 Å². The monoisotopic (exact) mass is 472 g/mol. The van der Waals surface area contributed by atoms with Gasteiger partial charge in [-0.15, -0.1) is 0 Å². The van der Waals surface area contributed by atoms with E-state index < -0.39 is 5.97 Å². The fourth-order valence-corrected chi connectivity index (χ4v) is 4.90. The molecule has 0 spiro atoms. The van der Waals surface area contributed by atoms with Crippen molar-refractivity contribution in [3.8, 4) is 0 Å². The molecule has 3 rings (SSSR count). The molecule has 3 N–H and O–H groups in total. The van der Waals surface area contributed by atoms with Crippen molar-refractivity contribution in [3.05, 3.63) is 29.8 Å². The van der Waals surface area contributed by atoms with Crippen molar-refractivity contribution >= 4 is 29.5 Å². The second kappa shape index (κ2) is 11.9. The molecule has 0 aromatic heterocycles. The average molecular weight is 473 g/mol. The molecule has 2 fully saturated rings. The molecule has 2 aliphatic heterocycles. The predicted molar refractivity (Wildman–Crippen MR) is 128 cm³/mol. The zero-order valence-corrected chi connectivity index (χ0v) is 20.1. The van der Waals surface area contributed by atoms with E-state index in [2.05, 4.69) is 12.2 Å². The summed E-state index contributed by atoms with van der Waals surface area (Å²) in [5.41, 5.74) is 6.33. The van der Waals surface area contributed by atoms with E-state index in [1.165, 1.54) is 0 Å². The lowest BCUT2D eigenvalue weighted by molar-refractivity contribution is -0.136. The van der Waals surface area contributed by atoms with Crippen LogP contribution in [0, 0.1) is 17.8 Å². The number of amides is 4. The Morgan fingerprint density at radius 1 is 1.03 bits per heavy atom. The summed E-state index contributed by atoms with van der Waals surface area (Å²) in [6.45, 7) is 6.44. The van der Waals surface area contributed by atoms with Crippen LogP contribution in [0.5, 0.6) is 0 Å². The van der Waals surface area contributed by atoms with Crippen LogP contribution in [-0.4, -0.2) is 66.4 Å². The van der Waals surface area contributed by atoms with Gasteiger partial charge in [-0.1, -0.05) is 19.4 Å². The Balaban J connectivity index is 1.52. The Morgan fingerprint density at radius 3 is 2.38 bits per heavy atom. The summed E-state index contributed by atoms with van der Waals surface area (Å²) in [5, 5.41) is 2.88. The number of ether oxygens (including phenoxy) is 1. The number of hydrogen-bond donors (Lipinski definition) is 2. The van der Waals surface area contributed by atoms with Crippen LogP contribution in [0.3, 0.4) is 0 Å². The minimum atomic E-state index is -0.422. The number of piperidine rings is 2. The van der Waals surface area contributed by atoms with Crippen LogP contribution < -0.4 is 11.1 Å². The summed E-state index contributed by atoms with van der Waals surface area (Å²) < 4.78 is 5.02. The van der Waals surface area contributed by atoms with Crippen LogP contribution in [0.25, 0.3) is 0 Å². The molecule has 2 atom stereocenters. The number of carbonyl (C=O) groups excluding carboxylic acids is 4. The maximum atomic E-state index is 12.9. The van der Waals surface area contributed by atoms with Gasteiger partial charge in [-0.3, -0.25) is 9.59 Å². The molecule has 1 aromatic rings. The first-order valence-corrected chi connectivity index (χ1v) is 12.2. The van der Waals surface area contributed by atoms with Crippen LogP contribution in [0.4, 0.5) is 10.5 Å². The number of hydrogen-bond acceptors (Lipinski definition) is 5. The molecule has 0 bridgehead atoms. The topological polar surface area (TPSA) is 122 Å². The first-order valence-electron chi connectivity index (χ1n) is 12.2. The Hall–Kier alpha value is -3.10. The molecule has 0 saturated carbocycles. The summed E-state index contributed by atoms with van der Waals surface area (Å²) in [7, 11) is 0. The molecule has 9 nitrogen and oxygen atoms in total. The third-order valence-electron chi connectivity index (χ3n) is 7.01. The van der Waals surface area contributed by atoms with Crippen molar-refractivity contribution in [2.75, 3.05) is 38.1 Å². The number of primary amides is 1. The highest BCUT2D eigenvalue weighted by atomic mass is 16.5. The Labute approximate surface area is 201 Å². The lowest BCUT2D eigenvalue weighted by Crippen LogP contribution is -2.47. The first-order chi connectivity index (χ1) is 16.3. The highest BCUT2D eigenvalue weighted by molar-refractivity contribution is 5.94. The molecule has 0 aliphatic carbocycles. The van der Waals surface area contributed by atoms with E-state index in [4.69, 9.17) is 10.5 Å². The van der Waals surface area contributed by atoms with Crippen molar-refractivity contribution in [2.24, 2.45) is 23.5 Å². The smallest absolute Gasteiger partial charge is 0.338 e. The van der Waals surface area contributed by atoms with Gasteiger partial charge in [-0.05, 0) is 56.2 Å². The minimum Gasteiger partial charge on any atom is -0.462 e. The molecule has 34 heavy (non-hydrogen) atoms. The summed E-state index contributed by atoms with van der Waals surface area (Å²) in [6, 6.07) is 6.50. The first kappa shape index (κ1) is 25.5. The van der Waals surface area contributed by atoms with Gasteiger partial charge in [0.15, 0.2) is 0 Å².